The zero-order valence-corrected chi connectivity index (χ0v) is 11.8. The van der Waals surface area contributed by atoms with E-state index in [2.05, 4.69) is 29.6 Å². The van der Waals surface area contributed by atoms with Crippen molar-refractivity contribution in [3.05, 3.63) is 59.2 Å². The predicted molar refractivity (Wildman–Crippen MR) is 79.5 cm³/mol. The third-order valence-electron chi connectivity index (χ3n) is 3.85. The molecule has 3 rings (SSSR count). The highest BCUT2D eigenvalue weighted by Gasteiger charge is 2.21. The van der Waals surface area contributed by atoms with E-state index in [4.69, 9.17) is 9.47 Å². The topological polar surface area (TPSA) is 30.5 Å². The van der Waals surface area contributed by atoms with Gasteiger partial charge in [-0.25, -0.2) is 0 Å². The van der Waals surface area contributed by atoms with Crippen molar-refractivity contribution < 1.29 is 9.47 Å². The van der Waals surface area contributed by atoms with E-state index >= 15 is 0 Å². The van der Waals surface area contributed by atoms with E-state index in [1.807, 2.05) is 18.2 Å². The highest BCUT2D eigenvalue weighted by atomic mass is 16.5. The minimum Gasteiger partial charge on any atom is -0.497 e. The van der Waals surface area contributed by atoms with E-state index in [0.717, 1.165) is 24.5 Å². The van der Waals surface area contributed by atoms with Crippen LogP contribution in [0, 0.1) is 0 Å². The maximum Gasteiger partial charge on any atom is 0.119 e. The van der Waals surface area contributed by atoms with E-state index in [-0.39, 0.29) is 6.04 Å². The second kappa shape index (κ2) is 5.55. The Hall–Kier alpha value is -2.00. The molecule has 0 spiro atoms. The molecule has 2 aromatic carbocycles. The fourth-order valence-electron chi connectivity index (χ4n) is 2.76. The van der Waals surface area contributed by atoms with Gasteiger partial charge in [0.2, 0.25) is 0 Å². The van der Waals surface area contributed by atoms with Crippen LogP contribution in [0.3, 0.4) is 0 Å². The molecular formula is C17H19NO2. The Morgan fingerprint density at radius 2 is 1.65 bits per heavy atom. The minimum absolute atomic E-state index is 0.246. The maximum atomic E-state index is 5.31. The molecule has 0 amide bonds. The van der Waals surface area contributed by atoms with Crippen molar-refractivity contribution in [1.82, 2.24) is 5.32 Å². The zero-order valence-electron chi connectivity index (χ0n) is 11.8. The SMILES string of the molecule is COc1ccc(C2NCCc3cc(OC)ccc32)cc1. The first-order valence-corrected chi connectivity index (χ1v) is 6.86. The number of hydrogen-bond donors (Lipinski definition) is 1. The van der Waals surface area contributed by atoms with Crippen molar-refractivity contribution in [3.8, 4) is 11.5 Å². The lowest BCUT2D eigenvalue weighted by molar-refractivity contribution is 0.412. The molecule has 0 saturated carbocycles. The Morgan fingerprint density at radius 3 is 2.35 bits per heavy atom. The second-order valence-electron chi connectivity index (χ2n) is 4.98. The summed E-state index contributed by atoms with van der Waals surface area (Å²) in [4.78, 5) is 0. The highest BCUT2D eigenvalue weighted by Crippen LogP contribution is 2.31. The second-order valence-corrected chi connectivity index (χ2v) is 4.98. The lowest BCUT2D eigenvalue weighted by atomic mass is 9.90. The monoisotopic (exact) mass is 269 g/mol. The van der Waals surface area contributed by atoms with Crippen LogP contribution in [0.25, 0.3) is 0 Å². The summed E-state index contributed by atoms with van der Waals surface area (Å²) in [6.07, 6.45) is 1.04. The zero-order chi connectivity index (χ0) is 13.9. The smallest absolute Gasteiger partial charge is 0.119 e. The highest BCUT2D eigenvalue weighted by molar-refractivity contribution is 5.44. The van der Waals surface area contributed by atoms with Crippen molar-refractivity contribution in [2.24, 2.45) is 0 Å². The first kappa shape index (κ1) is 13.0. The number of hydrogen-bond acceptors (Lipinski definition) is 3. The van der Waals surface area contributed by atoms with E-state index in [1.165, 1.54) is 16.7 Å². The van der Waals surface area contributed by atoms with Gasteiger partial charge >= 0.3 is 0 Å². The van der Waals surface area contributed by atoms with Crippen molar-refractivity contribution in [1.29, 1.82) is 0 Å². The summed E-state index contributed by atoms with van der Waals surface area (Å²) in [5, 5.41) is 3.58. The van der Waals surface area contributed by atoms with Gasteiger partial charge in [0.25, 0.3) is 0 Å². The first-order chi connectivity index (χ1) is 9.81. The molecule has 1 atom stereocenters. The van der Waals surface area contributed by atoms with Gasteiger partial charge < -0.3 is 14.8 Å². The van der Waals surface area contributed by atoms with Gasteiger partial charge in [-0.1, -0.05) is 18.2 Å². The fourth-order valence-corrected chi connectivity index (χ4v) is 2.76. The van der Waals surface area contributed by atoms with Crippen LogP contribution in [0.2, 0.25) is 0 Å². The fraction of sp³-hybridized carbons (Fsp3) is 0.294. The molecule has 0 bridgehead atoms. The summed E-state index contributed by atoms with van der Waals surface area (Å²) >= 11 is 0. The molecule has 3 nitrogen and oxygen atoms in total. The quantitative estimate of drug-likeness (QED) is 0.929. The van der Waals surface area contributed by atoms with Gasteiger partial charge in [-0.05, 0) is 47.4 Å². The molecule has 2 aromatic rings. The predicted octanol–water partition coefficient (Wildman–Crippen LogP) is 2.94. The molecule has 20 heavy (non-hydrogen) atoms. The van der Waals surface area contributed by atoms with Gasteiger partial charge in [0.1, 0.15) is 11.5 Å². The average molecular weight is 269 g/mol. The van der Waals surface area contributed by atoms with E-state index in [0.29, 0.717) is 0 Å². The summed E-state index contributed by atoms with van der Waals surface area (Å²) in [7, 11) is 3.40. The van der Waals surface area contributed by atoms with E-state index in [9.17, 15) is 0 Å². The number of nitrogens with one attached hydrogen (secondary N) is 1. The molecule has 3 heteroatoms. The molecule has 0 radical (unpaired) electrons. The van der Waals surface area contributed by atoms with Crippen molar-refractivity contribution >= 4 is 0 Å². The van der Waals surface area contributed by atoms with Crippen LogP contribution < -0.4 is 14.8 Å². The van der Waals surface area contributed by atoms with Gasteiger partial charge in [0, 0.05) is 6.54 Å². The van der Waals surface area contributed by atoms with Gasteiger partial charge in [-0.2, -0.15) is 0 Å². The first-order valence-electron chi connectivity index (χ1n) is 6.86. The Morgan fingerprint density at radius 1 is 0.950 bits per heavy atom. The average Bonchev–Trinajstić information content (AvgIpc) is 2.54. The summed E-state index contributed by atoms with van der Waals surface area (Å²) < 4.78 is 10.5. The summed E-state index contributed by atoms with van der Waals surface area (Å²) in [5.74, 6) is 1.82. The van der Waals surface area contributed by atoms with Crippen molar-refractivity contribution in [2.45, 2.75) is 12.5 Å². The molecule has 1 aliphatic heterocycles. The van der Waals surface area contributed by atoms with Crippen LogP contribution in [-0.2, 0) is 6.42 Å². The third-order valence-corrected chi connectivity index (χ3v) is 3.85. The Kier molecular flexibility index (Phi) is 3.61. The molecule has 0 saturated heterocycles. The lowest BCUT2D eigenvalue weighted by Gasteiger charge is -2.27. The van der Waals surface area contributed by atoms with Gasteiger partial charge in [-0.15, -0.1) is 0 Å². The normalized spacial score (nSPS) is 17.4. The Balaban J connectivity index is 1.96. The number of methoxy groups -OCH3 is 2. The molecule has 0 aromatic heterocycles. The van der Waals surface area contributed by atoms with Gasteiger partial charge in [-0.3, -0.25) is 0 Å². The van der Waals surface area contributed by atoms with Crippen LogP contribution in [0.5, 0.6) is 11.5 Å². The van der Waals surface area contributed by atoms with Crippen molar-refractivity contribution in [3.63, 3.8) is 0 Å². The van der Waals surface area contributed by atoms with E-state index < -0.39 is 0 Å². The Bertz CT molecular complexity index is 592. The number of benzene rings is 2. The summed E-state index contributed by atoms with van der Waals surface area (Å²) in [6, 6.07) is 14.8. The molecule has 0 fully saturated rings. The third kappa shape index (κ3) is 2.37. The van der Waals surface area contributed by atoms with Gasteiger partial charge in [0.05, 0.1) is 20.3 Å². The summed E-state index contributed by atoms with van der Waals surface area (Å²) in [6.45, 7) is 0.983. The lowest BCUT2D eigenvalue weighted by Crippen LogP contribution is -2.30. The molecule has 0 aliphatic carbocycles. The number of fused-ring (bicyclic) bond motifs is 1. The number of rotatable bonds is 3. The van der Waals surface area contributed by atoms with Crippen LogP contribution >= 0.6 is 0 Å². The Labute approximate surface area is 119 Å². The number of ether oxygens (including phenoxy) is 2. The van der Waals surface area contributed by atoms with Gasteiger partial charge in [0.15, 0.2) is 0 Å². The summed E-state index contributed by atoms with van der Waals surface area (Å²) in [5.41, 5.74) is 3.96. The minimum atomic E-state index is 0.246. The van der Waals surface area contributed by atoms with Crippen LogP contribution in [-0.4, -0.2) is 20.8 Å². The van der Waals surface area contributed by atoms with Crippen molar-refractivity contribution in [2.75, 3.05) is 20.8 Å². The molecule has 1 aliphatic rings. The van der Waals surface area contributed by atoms with Crippen LogP contribution in [0.1, 0.15) is 22.7 Å². The van der Waals surface area contributed by atoms with Crippen LogP contribution in [0.4, 0.5) is 0 Å². The van der Waals surface area contributed by atoms with Crippen LogP contribution in [0.15, 0.2) is 42.5 Å². The molecule has 1 N–H and O–H groups in total. The molecule has 1 heterocycles. The molecular weight excluding hydrogens is 250 g/mol. The maximum absolute atomic E-state index is 5.31. The molecule has 1 unspecified atom stereocenters. The van der Waals surface area contributed by atoms with E-state index in [1.54, 1.807) is 14.2 Å². The standard InChI is InChI=1S/C17H19NO2/c1-19-14-5-3-12(4-6-14)17-16-8-7-15(20-2)11-13(16)9-10-18-17/h3-8,11,17-18H,9-10H2,1-2H3. The largest absolute Gasteiger partial charge is 0.497 e. The molecule has 104 valence electrons.